The topological polar surface area (TPSA) is 21.3 Å². The minimum Gasteiger partial charge on any atom is -0.496 e. The summed E-state index contributed by atoms with van der Waals surface area (Å²) < 4.78 is 5.46. The molecule has 0 aliphatic carbocycles. The monoisotopic (exact) mass is 323 g/mol. The molecule has 0 aliphatic rings. The number of anilines is 1. The smallest absolute Gasteiger partial charge is 0.126 e. The summed E-state index contributed by atoms with van der Waals surface area (Å²) in [7, 11) is 1.70. The lowest BCUT2D eigenvalue weighted by Crippen LogP contribution is -2.08. The van der Waals surface area contributed by atoms with Crippen molar-refractivity contribution in [1.29, 1.82) is 0 Å². The first kappa shape index (κ1) is 16.0. The molecule has 2 aromatic carbocycles. The number of rotatable bonds is 4. The van der Waals surface area contributed by atoms with Gasteiger partial charge in [-0.25, -0.2) is 0 Å². The van der Waals surface area contributed by atoms with E-state index in [-0.39, 0.29) is 6.04 Å². The summed E-state index contributed by atoms with van der Waals surface area (Å²) in [4.78, 5) is 0. The Morgan fingerprint density at radius 2 is 1.76 bits per heavy atom. The molecule has 112 valence electrons. The van der Waals surface area contributed by atoms with Crippen molar-refractivity contribution in [3.63, 3.8) is 0 Å². The molecule has 2 aromatic rings. The van der Waals surface area contributed by atoms with Gasteiger partial charge in [0.15, 0.2) is 0 Å². The lowest BCUT2D eigenvalue weighted by Gasteiger charge is -2.20. The van der Waals surface area contributed by atoms with Crippen molar-refractivity contribution in [1.82, 2.24) is 0 Å². The Hall–Kier alpha value is -1.38. The number of halogens is 2. The quantitative estimate of drug-likeness (QED) is 0.768. The first-order valence-corrected chi connectivity index (χ1v) is 7.55. The third-order valence-corrected chi connectivity index (χ3v) is 4.36. The summed E-state index contributed by atoms with van der Waals surface area (Å²) in [5.74, 6) is 0.918. The number of hydrogen-bond donors (Lipinski definition) is 1. The number of ether oxygens (including phenoxy) is 1. The number of hydrogen-bond acceptors (Lipinski definition) is 2. The Labute approximate surface area is 136 Å². The van der Waals surface area contributed by atoms with Crippen LogP contribution < -0.4 is 10.1 Å². The van der Waals surface area contributed by atoms with Gasteiger partial charge in [-0.05, 0) is 50.1 Å². The minimum atomic E-state index is 0.117. The standard InChI is InChI=1S/C17H19Cl2NO/c1-10-5-8-16(11(2)17(10)21-4)20-12(3)13-6-7-14(18)15(19)9-13/h5-9,12,20H,1-4H3. The van der Waals surface area contributed by atoms with Gasteiger partial charge in [-0.2, -0.15) is 0 Å². The van der Waals surface area contributed by atoms with Crippen molar-refractivity contribution in [2.75, 3.05) is 12.4 Å². The van der Waals surface area contributed by atoms with Crippen LogP contribution in [0.4, 0.5) is 5.69 Å². The van der Waals surface area contributed by atoms with E-state index in [1.807, 2.05) is 25.1 Å². The van der Waals surface area contributed by atoms with E-state index in [2.05, 4.69) is 31.3 Å². The molecule has 21 heavy (non-hydrogen) atoms. The number of nitrogens with one attached hydrogen (secondary N) is 1. The Morgan fingerprint density at radius 1 is 1.05 bits per heavy atom. The predicted molar refractivity (Wildman–Crippen MR) is 91.0 cm³/mol. The van der Waals surface area contributed by atoms with Gasteiger partial charge in [-0.3, -0.25) is 0 Å². The van der Waals surface area contributed by atoms with E-state index >= 15 is 0 Å². The maximum atomic E-state index is 6.08. The number of benzene rings is 2. The van der Waals surface area contributed by atoms with E-state index in [1.165, 1.54) is 0 Å². The van der Waals surface area contributed by atoms with E-state index in [4.69, 9.17) is 27.9 Å². The van der Waals surface area contributed by atoms with Crippen molar-refractivity contribution >= 4 is 28.9 Å². The molecule has 2 rings (SSSR count). The van der Waals surface area contributed by atoms with E-state index in [9.17, 15) is 0 Å². The average Bonchev–Trinajstić information content (AvgIpc) is 2.45. The maximum Gasteiger partial charge on any atom is 0.126 e. The Bertz CT molecular complexity index is 655. The largest absolute Gasteiger partial charge is 0.496 e. The second kappa shape index (κ2) is 6.59. The molecule has 4 heteroatoms. The van der Waals surface area contributed by atoms with Gasteiger partial charge in [0.25, 0.3) is 0 Å². The van der Waals surface area contributed by atoms with E-state index in [0.29, 0.717) is 10.0 Å². The SMILES string of the molecule is COc1c(C)ccc(NC(C)c2ccc(Cl)c(Cl)c2)c1C. The zero-order valence-corrected chi connectivity index (χ0v) is 14.1. The highest BCUT2D eigenvalue weighted by Crippen LogP contribution is 2.32. The van der Waals surface area contributed by atoms with E-state index in [0.717, 1.165) is 28.1 Å². The molecule has 0 saturated carbocycles. The van der Waals surface area contributed by atoms with Gasteiger partial charge >= 0.3 is 0 Å². The maximum absolute atomic E-state index is 6.08. The van der Waals surface area contributed by atoms with Crippen molar-refractivity contribution in [2.24, 2.45) is 0 Å². The zero-order valence-electron chi connectivity index (χ0n) is 12.6. The summed E-state index contributed by atoms with van der Waals surface area (Å²) in [6.45, 7) is 6.18. The number of aryl methyl sites for hydroxylation is 1. The molecule has 0 saturated heterocycles. The molecule has 0 aromatic heterocycles. The molecule has 0 spiro atoms. The fraction of sp³-hybridized carbons (Fsp3) is 0.294. The number of methoxy groups -OCH3 is 1. The van der Waals surface area contributed by atoms with Crippen LogP contribution in [-0.2, 0) is 0 Å². The van der Waals surface area contributed by atoms with Gasteiger partial charge in [-0.15, -0.1) is 0 Å². The van der Waals surface area contributed by atoms with Gasteiger partial charge in [-0.1, -0.05) is 35.3 Å². The summed E-state index contributed by atoms with van der Waals surface area (Å²) in [6.07, 6.45) is 0. The Kier molecular flexibility index (Phi) is 5.02. The lowest BCUT2D eigenvalue weighted by atomic mass is 10.1. The highest BCUT2D eigenvalue weighted by atomic mass is 35.5. The molecule has 0 amide bonds. The van der Waals surface area contributed by atoms with Crippen LogP contribution in [-0.4, -0.2) is 7.11 Å². The summed E-state index contributed by atoms with van der Waals surface area (Å²) in [6, 6.07) is 9.93. The molecular formula is C17H19Cl2NO. The van der Waals surface area contributed by atoms with Crippen LogP contribution in [0.25, 0.3) is 0 Å². The first-order valence-electron chi connectivity index (χ1n) is 6.79. The normalized spacial score (nSPS) is 12.1. The minimum absolute atomic E-state index is 0.117. The van der Waals surface area contributed by atoms with Crippen molar-refractivity contribution in [3.05, 3.63) is 57.1 Å². The molecule has 0 radical (unpaired) electrons. The highest BCUT2D eigenvalue weighted by molar-refractivity contribution is 6.42. The van der Waals surface area contributed by atoms with Crippen LogP contribution in [0.1, 0.15) is 29.7 Å². The molecule has 0 heterocycles. The van der Waals surface area contributed by atoms with Gasteiger partial charge in [0.1, 0.15) is 5.75 Å². The molecule has 1 unspecified atom stereocenters. The van der Waals surface area contributed by atoms with Crippen molar-refractivity contribution in [2.45, 2.75) is 26.8 Å². The van der Waals surface area contributed by atoms with Crippen molar-refractivity contribution in [3.8, 4) is 5.75 Å². The molecule has 1 N–H and O–H groups in total. The zero-order chi connectivity index (χ0) is 15.6. The van der Waals surface area contributed by atoms with Gasteiger partial charge in [0, 0.05) is 17.3 Å². The molecular weight excluding hydrogens is 305 g/mol. The van der Waals surface area contributed by atoms with Crippen molar-refractivity contribution < 1.29 is 4.74 Å². The van der Waals surface area contributed by atoms with Crippen LogP contribution in [0.3, 0.4) is 0 Å². The fourth-order valence-electron chi connectivity index (χ4n) is 2.40. The second-order valence-corrected chi connectivity index (χ2v) is 5.94. The van der Waals surface area contributed by atoms with Crippen LogP contribution in [0.5, 0.6) is 5.75 Å². The van der Waals surface area contributed by atoms with Crippen LogP contribution in [0.15, 0.2) is 30.3 Å². The third kappa shape index (κ3) is 3.45. The summed E-state index contributed by atoms with van der Waals surface area (Å²) in [5.41, 5.74) is 4.37. The van der Waals surface area contributed by atoms with E-state index in [1.54, 1.807) is 7.11 Å². The summed E-state index contributed by atoms with van der Waals surface area (Å²) >= 11 is 12.0. The molecule has 0 fully saturated rings. The van der Waals surface area contributed by atoms with Crippen LogP contribution >= 0.6 is 23.2 Å². The second-order valence-electron chi connectivity index (χ2n) is 5.13. The van der Waals surface area contributed by atoms with Crippen LogP contribution in [0.2, 0.25) is 10.0 Å². The van der Waals surface area contributed by atoms with E-state index < -0.39 is 0 Å². The van der Waals surface area contributed by atoms with Gasteiger partial charge < -0.3 is 10.1 Å². The average molecular weight is 324 g/mol. The van der Waals surface area contributed by atoms with Gasteiger partial charge in [0.05, 0.1) is 17.2 Å². The summed E-state index contributed by atoms with van der Waals surface area (Å²) in [5, 5.41) is 4.63. The molecule has 0 aliphatic heterocycles. The Balaban J connectivity index is 2.27. The first-order chi connectivity index (χ1) is 9.93. The highest BCUT2D eigenvalue weighted by Gasteiger charge is 2.12. The Morgan fingerprint density at radius 3 is 2.38 bits per heavy atom. The molecule has 0 bridgehead atoms. The molecule has 1 atom stereocenters. The van der Waals surface area contributed by atoms with Crippen LogP contribution in [0, 0.1) is 13.8 Å². The third-order valence-electron chi connectivity index (χ3n) is 3.62. The van der Waals surface area contributed by atoms with Gasteiger partial charge in [0.2, 0.25) is 0 Å². The molecule has 2 nitrogen and oxygen atoms in total. The lowest BCUT2D eigenvalue weighted by molar-refractivity contribution is 0.409. The fourth-order valence-corrected chi connectivity index (χ4v) is 2.70. The predicted octanol–water partition coefficient (Wildman–Crippen LogP) is 5.79.